The maximum atomic E-state index is 10.3. The molecule has 0 fully saturated rings. The van der Waals surface area contributed by atoms with E-state index in [0.29, 0.717) is 6.42 Å². The van der Waals surface area contributed by atoms with Gasteiger partial charge in [-0.05, 0) is 6.42 Å². The first-order valence-corrected chi connectivity index (χ1v) is 9.34. The maximum Gasteiger partial charge on any atom is 0.303 e. The van der Waals surface area contributed by atoms with Gasteiger partial charge in [0, 0.05) is 6.42 Å². The van der Waals surface area contributed by atoms with E-state index in [2.05, 4.69) is 14.8 Å². The van der Waals surface area contributed by atoms with Gasteiger partial charge in [-0.3, -0.25) is 4.79 Å². The van der Waals surface area contributed by atoms with Crippen molar-refractivity contribution in [3.63, 3.8) is 0 Å². The Morgan fingerprint density at radius 2 is 1.10 bits per heavy atom. The fourth-order valence-electron chi connectivity index (χ4n) is 2.77. The lowest BCUT2D eigenvalue weighted by atomic mass is 9.85. The zero-order valence-corrected chi connectivity index (χ0v) is 14.5. The summed E-state index contributed by atoms with van der Waals surface area (Å²) in [7, 11) is 2.31. The van der Waals surface area contributed by atoms with Crippen molar-refractivity contribution in [1.29, 1.82) is 0 Å². The SMILES string of the molecule is BC(C)CCCCCCCCCCCCCCCC(=O)O. The topological polar surface area (TPSA) is 37.3 Å². The van der Waals surface area contributed by atoms with Gasteiger partial charge in [0.15, 0.2) is 0 Å². The molecule has 0 radical (unpaired) electrons. The third kappa shape index (κ3) is 19.5. The summed E-state index contributed by atoms with van der Waals surface area (Å²) >= 11 is 0. The number of carbonyl (C=O) groups is 1. The van der Waals surface area contributed by atoms with E-state index >= 15 is 0 Å². The van der Waals surface area contributed by atoms with Gasteiger partial charge in [0.25, 0.3) is 0 Å². The largest absolute Gasteiger partial charge is 0.481 e. The summed E-state index contributed by atoms with van der Waals surface area (Å²) in [5, 5.41) is 8.53. The molecule has 124 valence electrons. The summed E-state index contributed by atoms with van der Waals surface area (Å²) in [6, 6.07) is 0. The van der Waals surface area contributed by atoms with E-state index in [4.69, 9.17) is 5.11 Å². The van der Waals surface area contributed by atoms with Crippen LogP contribution in [0.25, 0.3) is 0 Å². The Bertz CT molecular complexity index is 229. The minimum Gasteiger partial charge on any atom is -0.481 e. The molecule has 0 spiro atoms. The van der Waals surface area contributed by atoms with Gasteiger partial charge in [0.2, 0.25) is 0 Å². The van der Waals surface area contributed by atoms with Crippen molar-refractivity contribution in [3.05, 3.63) is 0 Å². The second-order valence-electron chi connectivity index (χ2n) is 6.92. The number of hydrogen-bond donors (Lipinski definition) is 1. The average Bonchev–Trinajstić information content (AvgIpc) is 2.42. The summed E-state index contributed by atoms with van der Waals surface area (Å²) in [6.07, 6.45) is 18.8. The van der Waals surface area contributed by atoms with Gasteiger partial charge in [-0.1, -0.05) is 96.2 Å². The van der Waals surface area contributed by atoms with Crippen LogP contribution in [0.2, 0.25) is 5.82 Å². The van der Waals surface area contributed by atoms with Crippen LogP contribution in [-0.2, 0) is 4.79 Å². The van der Waals surface area contributed by atoms with Crippen LogP contribution >= 0.6 is 0 Å². The molecule has 0 rings (SSSR count). The number of carboxylic acid groups (broad SMARTS) is 1. The fourth-order valence-corrected chi connectivity index (χ4v) is 2.77. The van der Waals surface area contributed by atoms with E-state index in [9.17, 15) is 4.79 Å². The Balaban J connectivity index is 2.98. The molecule has 0 aliphatic carbocycles. The molecule has 21 heavy (non-hydrogen) atoms. The molecule has 0 saturated heterocycles. The number of rotatable bonds is 16. The van der Waals surface area contributed by atoms with Crippen molar-refractivity contribution >= 4 is 13.8 Å². The lowest BCUT2D eigenvalue weighted by molar-refractivity contribution is -0.137. The maximum absolute atomic E-state index is 10.3. The fraction of sp³-hybridized carbons (Fsp3) is 0.944. The van der Waals surface area contributed by atoms with Crippen LogP contribution < -0.4 is 0 Å². The van der Waals surface area contributed by atoms with Crippen LogP contribution in [0.3, 0.4) is 0 Å². The zero-order valence-electron chi connectivity index (χ0n) is 14.5. The highest BCUT2D eigenvalue weighted by atomic mass is 16.4. The van der Waals surface area contributed by atoms with E-state index in [1.54, 1.807) is 0 Å². The van der Waals surface area contributed by atoms with Crippen molar-refractivity contribution in [1.82, 2.24) is 0 Å². The Hall–Kier alpha value is -0.465. The molecule has 0 aromatic carbocycles. The standard InChI is InChI=1S/C18H37BO2/c1-17(19)15-13-11-9-7-5-3-2-4-6-8-10-12-14-16-18(20)21/h17H,2-16,19H2,1H3,(H,20,21). The van der Waals surface area contributed by atoms with Gasteiger partial charge in [-0.2, -0.15) is 0 Å². The predicted octanol–water partition coefficient (Wildman–Crippen LogP) is 5.36. The molecule has 0 heterocycles. The molecule has 2 nitrogen and oxygen atoms in total. The molecule has 0 amide bonds. The summed E-state index contributed by atoms with van der Waals surface area (Å²) in [4.78, 5) is 10.3. The molecule has 1 atom stereocenters. The van der Waals surface area contributed by atoms with Crippen LogP contribution in [0.15, 0.2) is 0 Å². The van der Waals surface area contributed by atoms with E-state index in [0.717, 1.165) is 18.7 Å². The molecule has 0 bridgehead atoms. The predicted molar refractivity (Wildman–Crippen MR) is 94.9 cm³/mol. The van der Waals surface area contributed by atoms with Crippen LogP contribution in [0.5, 0.6) is 0 Å². The van der Waals surface area contributed by atoms with Crippen molar-refractivity contribution in [3.8, 4) is 0 Å². The summed E-state index contributed by atoms with van der Waals surface area (Å²) in [6.45, 7) is 2.31. The summed E-state index contributed by atoms with van der Waals surface area (Å²) in [5.41, 5.74) is 0. The van der Waals surface area contributed by atoms with Crippen molar-refractivity contribution in [2.75, 3.05) is 0 Å². The van der Waals surface area contributed by atoms with E-state index in [1.165, 1.54) is 77.0 Å². The molecule has 0 aromatic heterocycles. The smallest absolute Gasteiger partial charge is 0.303 e. The van der Waals surface area contributed by atoms with Crippen LogP contribution in [0.1, 0.15) is 103 Å². The normalized spacial score (nSPS) is 12.4. The zero-order chi connectivity index (χ0) is 15.8. The lowest BCUT2D eigenvalue weighted by Crippen LogP contribution is -1.93. The average molecular weight is 296 g/mol. The number of unbranched alkanes of at least 4 members (excludes halogenated alkanes) is 12. The van der Waals surface area contributed by atoms with Crippen molar-refractivity contribution in [2.24, 2.45) is 0 Å². The van der Waals surface area contributed by atoms with Gasteiger partial charge >= 0.3 is 5.97 Å². The minimum atomic E-state index is -0.654. The van der Waals surface area contributed by atoms with E-state index in [-0.39, 0.29) is 0 Å². The molecule has 0 aliphatic rings. The van der Waals surface area contributed by atoms with Crippen LogP contribution in [-0.4, -0.2) is 18.9 Å². The number of carboxylic acids is 1. The van der Waals surface area contributed by atoms with Crippen LogP contribution in [0, 0.1) is 0 Å². The van der Waals surface area contributed by atoms with Gasteiger partial charge in [-0.15, -0.1) is 0 Å². The summed E-state index contributed by atoms with van der Waals surface area (Å²) in [5.74, 6) is 0.216. The lowest BCUT2D eigenvalue weighted by Gasteiger charge is -2.04. The van der Waals surface area contributed by atoms with Gasteiger partial charge < -0.3 is 5.11 Å². The third-order valence-corrected chi connectivity index (χ3v) is 4.17. The molecule has 1 unspecified atom stereocenters. The van der Waals surface area contributed by atoms with Gasteiger partial charge in [0.1, 0.15) is 7.85 Å². The Labute approximate surface area is 133 Å². The molecule has 1 N–H and O–H groups in total. The Morgan fingerprint density at radius 1 is 0.762 bits per heavy atom. The second-order valence-corrected chi connectivity index (χ2v) is 6.92. The molecule has 3 heteroatoms. The Kier molecular flexibility index (Phi) is 15.6. The summed E-state index contributed by atoms with van der Waals surface area (Å²) < 4.78 is 0. The minimum absolute atomic E-state index is 0.344. The highest BCUT2D eigenvalue weighted by molar-refractivity contribution is 6.11. The first-order chi connectivity index (χ1) is 10.1. The first-order valence-electron chi connectivity index (χ1n) is 9.34. The van der Waals surface area contributed by atoms with Gasteiger partial charge in [0.05, 0.1) is 0 Å². The third-order valence-electron chi connectivity index (χ3n) is 4.17. The molecule has 0 aliphatic heterocycles. The highest BCUT2D eigenvalue weighted by Gasteiger charge is 1.97. The highest BCUT2D eigenvalue weighted by Crippen LogP contribution is 2.15. The van der Waals surface area contributed by atoms with Crippen LogP contribution in [0.4, 0.5) is 0 Å². The second kappa shape index (κ2) is 15.9. The quantitative estimate of drug-likeness (QED) is 0.307. The van der Waals surface area contributed by atoms with Crippen molar-refractivity contribution < 1.29 is 9.90 Å². The number of aliphatic carboxylic acids is 1. The van der Waals surface area contributed by atoms with Crippen molar-refractivity contribution in [2.45, 2.75) is 109 Å². The van der Waals surface area contributed by atoms with E-state index < -0.39 is 5.97 Å². The molecule has 0 aromatic rings. The monoisotopic (exact) mass is 296 g/mol. The first kappa shape index (κ1) is 20.5. The number of hydrogen-bond acceptors (Lipinski definition) is 1. The Morgan fingerprint density at radius 3 is 1.43 bits per heavy atom. The van der Waals surface area contributed by atoms with E-state index in [1.807, 2.05) is 0 Å². The van der Waals surface area contributed by atoms with Gasteiger partial charge in [-0.25, -0.2) is 0 Å². The molecular formula is C18H37BO2. The molecular weight excluding hydrogens is 259 g/mol. The molecule has 0 saturated carbocycles.